The van der Waals surface area contributed by atoms with Crippen molar-refractivity contribution >= 4 is 11.8 Å². The number of imide groups is 1. The molecule has 0 spiro atoms. The molecule has 0 saturated carbocycles. The molecule has 1 aromatic heterocycles. The van der Waals surface area contributed by atoms with Gasteiger partial charge in [-0.25, -0.2) is 0 Å². The zero-order valence-corrected chi connectivity index (χ0v) is 8.88. The summed E-state index contributed by atoms with van der Waals surface area (Å²) in [5.41, 5.74) is 0.686. The van der Waals surface area contributed by atoms with Crippen LogP contribution in [0.1, 0.15) is 34.1 Å². The van der Waals surface area contributed by atoms with Crippen molar-refractivity contribution < 1.29 is 14.7 Å². The number of fused-ring (bicyclic) bond motifs is 1. The second-order valence-electron chi connectivity index (χ2n) is 3.65. The summed E-state index contributed by atoms with van der Waals surface area (Å²) in [6.07, 6.45) is 3.41. The molecule has 1 N–H and O–H groups in total. The average molecular weight is 220 g/mol. The monoisotopic (exact) mass is 220 g/mol. The van der Waals surface area contributed by atoms with Crippen LogP contribution in [0, 0.1) is 0 Å². The Kier molecular flexibility index (Phi) is 2.70. The maximum absolute atomic E-state index is 11.9. The zero-order chi connectivity index (χ0) is 11.7. The van der Waals surface area contributed by atoms with Gasteiger partial charge in [0.05, 0.1) is 23.8 Å². The topological polar surface area (TPSA) is 70.5 Å². The third kappa shape index (κ3) is 1.40. The Labute approximate surface area is 92.7 Å². The Bertz CT molecular complexity index is 406. The molecule has 1 aliphatic heterocycles. The lowest BCUT2D eigenvalue weighted by Gasteiger charge is -2.22. The Morgan fingerprint density at radius 3 is 2.62 bits per heavy atom. The van der Waals surface area contributed by atoms with Crippen LogP contribution < -0.4 is 0 Å². The van der Waals surface area contributed by atoms with Gasteiger partial charge in [0.25, 0.3) is 11.8 Å². The van der Waals surface area contributed by atoms with E-state index < -0.39 is 6.04 Å². The number of nitrogens with zero attached hydrogens (tertiary/aromatic N) is 2. The molecule has 2 heterocycles. The highest BCUT2D eigenvalue weighted by Crippen LogP contribution is 2.24. The standard InChI is InChI=1S/C11H12N2O3/c1-2-7(6-14)13-10(15)8-3-4-12-5-9(8)11(13)16/h3-5,7,14H,2,6H2,1H3/t7-/m1/s1. The molecule has 0 saturated heterocycles. The minimum Gasteiger partial charge on any atom is -0.394 e. The van der Waals surface area contributed by atoms with Crippen molar-refractivity contribution in [3.05, 3.63) is 29.6 Å². The number of pyridine rings is 1. The van der Waals surface area contributed by atoms with E-state index in [4.69, 9.17) is 5.11 Å². The predicted octanol–water partition coefficient (Wildman–Crippen LogP) is 0.449. The van der Waals surface area contributed by atoms with E-state index in [1.165, 1.54) is 18.5 Å². The van der Waals surface area contributed by atoms with Gasteiger partial charge in [-0.3, -0.25) is 19.5 Å². The first-order valence-electron chi connectivity index (χ1n) is 5.13. The van der Waals surface area contributed by atoms with Crippen LogP contribution in [-0.4, -0.2) is 39.5 Å². The molecular weight excluding hydrogens is 208 g/mol. The van der Waals surface area contributed by atoms with Crippen LogP contribution in [0.4, 0.5) is 0 Å². The van der Waals surface area contributed by atoms with E-state index in [0.29, 0.717) is 17.5 Å². The van der Waals surface area contributed by atoms with Gasteiger partial charge in [0, 0.05) is 12.4 Å². The van der Waals surface area contributed by atoms with Gasteiger partial charge in [0.2, 0.25) is 0 Å². The van der Waals surface area contributed by atoms with Gasteiger partial charge in [-0.05, 0) is 12.5 Å². The quantitative estimate of drug-likeness (QED) is 0.751. The molecule has 2 amide bonds. The van der Waals surface area contributed by atoms with Crippen molar-refractivity contribution in [3.8, 4) is 0 Å². The number of amides is 2. The lowest BCUT2D eigenvalue weighted by Crippen LogP contribution is -2.41. The Morgan fingerprint density at radius 2 is 2.06 bits per heavy atom. The lowest BCUT2D eigenvalue weighted by atomic mass is 10.2. The molecule has 2 rings (SSSR count). The molecule has 0 radical (unpaired) electrons. The van der Waals surface area contributed by atoms with Crippen LogP contribution >= 0.6 is 0 Å². The third-order valence-corrected chi connectivity index (χ3v) is 2.77. The van der Waals surface area contributed by atoms with E-state index in [9.17, 15) is 9.59 Å². The molecule has 5 heteroatoms. The van der Waals surface area contributed by atoms with Gasteiger partial charge >= 0.3 is 0 Å². The molecule has 84 valence electrons. The highest BCUT2D eigenvalue weighted by molar-refractivity contribution is 6.21. The van der Waals surface area contributed by atoms with E-state index in [1.807, 2.05) is 6.92 Å². The molecule has 0 aromatic carbocycles. The summed E-state index contributed by atoms with van der Waals surface area (Å²) < 4.78 is 0. The SMILES string of the molecule is CC[C@H](CO)N1C(=O)c2ccncc2C1=O. The van der Waals surface area contributed by atoms with Gasteiger partial charge in [0.15, 0.2) is 0 Å². The van der Waals surface area contributed by atoms with Crippen molar-refractivity contribution in [3.63, 3.8) is 0 Å². The van der Waals surface area contributed by atoms with Crippen molar-refractivity contribution in [2.24, 2.45) is 0 Å². The third-order valence-electron chi connectivity index (χ3n) is 2.77. The van der Waals surface area contributed by atoms with Gasteiger partial charge in [-0.15, -0.1) is 0 Å². The smallest absolute Gasteiger partial charge is 0.263 e. The van der Waals surface area contributed by atoms with Crippen LogP contribution in [0.5, 0.6) is 0 Å². The minimum atomic E-state index is -0.451. The fraction of sp³-hybridized carbons (Fsp3) is 0.364. The van der Waals surface area contributed by atoms with Crippen molar-refractivity contribution in [2.45, 2.75) is 19.4 Å². The number of carbonyl (C=O) groups excluding carboxylic acids is 2. The number of aliphatic hydroxyl groups is 1. The highest BCUT2D eigenvalue weighted by Gasteiger charge is 2.39. The Hall–Kier alpha value is -1.75. The maximum Gasteiger partial charge on any atom is 0.263 e. The number of aromatic nitrogens is 1. The van der Waals surface area contributed by atoms with Gasteiger partial charge in [0.1, 0.15) is 0 Å². The number of rotatable bonds is 3. The van der Waals surface area contributed by atoms with Crippen molar-refractivity contribution in [2.75, 3.05) is 6.61 Å². The van der Waals surface area contributed by atoms with Crippen LogP contribution in [0.15, 0.2) is 18.5 Å². The predicted molar refractivity (Wildman–Crippen MR) is 55.9 cm³/mol. The Morgan fingerprint density at radius 1 is 1.38 bits per heavy atom. The van der Waals surface area contributed by atoms with Crippen molar-refractivity contribution in [1.82, 2.24) is 9.88 Å². The molecule has 5 nitrogen and oxygen atoms in total. The van der Waals surface area contributed by atoms with Crippen LogP contribution in [0.25, 0.3) is 0 Å². The fourth-order valence-corrected chi connectivity index (χ4v) is 1.83. The molecule has 0 aliphatic carbocycles. The molecule has 0 bridgehead atoms. The highest BCUT2D eigenvalue weighted by atomic mass is 16.3. The molecule has 16 heavy (non-hydrogen) atoms. The lowest BCUT2D eigenvalue weighted by molar-refractivity contribution is 0.0511. The zero-order valence-electron chi connectivity index (χ0n) is 8.88. The number of hydrogen-bond acceptors (Lipinski definition) is 4. The second-order valence-corrected chi connectivity index (χ2v) is 3.65. The first-order chi connectivity index (χ1) is 7.70. The molecule has 1 atom stereocenters. The summed E-state index contributed by atoms with van der Waals surface area (Å²) in [5.74, 6) is -0.711. The summed E-state index contributed by atoms with van der Waals surface area (Å²) in [6.45, 7) is 1.61. The number of carbonyl (C=O) groups is 2. The summed E-state index contributed by atoms with van der Waals surface area (Å²) in [7, 11) is 0. The first-order valence-corrected chi connectivity index (χ1v) is 5.13. The van der Waals surface area contributed by atoms with E-state index in [1.54, 1.807) is 0 Å². The normalized spacial score (nSPS) is 16.5. The van der Waals surface area contributed by atoms with Gasteiger partial charge < -0.3 is 5.11 Å². The molecule has 0 fully saturated rings. The molecule has 1 aliphatic rings. The van der Waals surface area contributed by atoms with E-state index in [2.05, 4.69) is 4.98 Å². The van der Waals surface area contributed by atoms with Crippen molar-refractivity contribution in [1.29, 1.82) is 0 Å². The summed E-state index contributed by atoms with van der Waals surface area (Å²) in [5, 5.41) is 9.14. The Balaban J connectivity index is 2.42. The molecule has 0 unspecified atom stereocenters. The van der Waals surface area contributed by atoms with Gasteiger partial charge in [-0.1, -0.05) is 6.92 Å². The van der Waals surface area contributed by atoms with Crippen LogP contribution in [0.2, 0.25) is 0 Å². The van der Waals surface area contributed by atoms with E-state index in [0.717, 1.165) is 4.90 Å². The summed E-state index contributed by atoms with van der Waals surface area (Å²) >= 11 is 0. The van der Waals surface area contributed by atoms with Crippen LogP contribution in [0.3, 0.4) is 0 Å². The minimum absolute atomic E-state index is 0.213. The average Bonchev–Trinajstić information content (AvgIpc) is 2.57. The first kappa shape index (κ1) is 10.8. The summed E-state index contributed by atoms with van der Waals surface area (Å²) in [4.78, 5) is 28.8. The van der Waals surface area contributed by atoms with E-state index in [-0.39, 0.29) is 18.4 Å². The van der Waals surface area contributed by atoms with Gasteiger partial charge in [-0.2, -0.15) is 0 Å². The number of hydrogen-bond donors (Lipinski definition) is 1. The fourth-order valence-electron chi connectivity index (χ4n) is 1.83. The molecule has 1 aromatic rings. The largest absolute Gasteiger partial charge is 0.394 e. The van der Waals surface area contributed by atoms with E-state index >= 15 is 0 Å². The molecular formula is C11H12N2O3. The maximum atomic E-state index is 11.9. The number of aliphatic hydroxyl groups excluding tert-OH is 1. The summed E-state index contributed by atoms with van der Waals surface area (Å²) in [6, 6.07) is 1.08. The van der Waals surface area contributed by atoms with Crippen LogP contribution in [-0.2, 0) is 0 Å². The second kappa shape index (κ2) is 4.02.